The van der Waals surface area contributed by atoms with Gasteiger partial charge in [0, 0.05) is 5.25 Å². The van der Waals surface area contributed by atoms with E-state index in [1.807, 2.05) is 13.8 Å². The van der Waals surface area contributed by atoms with Gasteiger partial charge in [-0.2, -0.15) is 12.6 Å². The number of Topliss-reactive ketones (excluding diaryl/α,β-unsaturated/α-hetero) is 1. The minimum Gasteiger partial charge on any atom is -0.390 e. The summed E-state index contributed by atoms with van der Waals surface area (Å²) in [7, 11) is 0. The van der Waals surface area contributed by atoms with Crippen LogP contribution < -0.4 is 5.32 Å². The number of rotatable bonds is 3. The molecule has 4 nitrogen and oxygen atoms in total. The number of aliphatic hydroxyl groups is 1. The third-order valence-electron chi connectivity index (χ3n) is 2.79. The molecule has 4 unspecified atom stereocenters. The van der Waals surface area contributed by atoms with E-state index in [-0.39, 0.29) is 22.9 Å². The van der Waals surface area contributed by atoms with E-state index in [1.54, 1.807) is 0 Å². The van der Waals surface area contributed by atoms with Gasteiger partial charge in [-0.3, -0.25) is 9.59 Å². The summed E-state index contributed by atoms with van der Waals surface area (Å²) in [5.74, 6) is -1.39. The molecule has 1 rings (SSSR count). The topological polar surface area (TPSA) is 66.4 Å². The molecule has 0 saturated carbocycles. The van der Waals surface area contributed by atoms with Crippen LogP contribution in [0.4, 0.5) is 0 Å². The largest absolute Gasteiger partial charge is 0.390 e. The summed E-state index contributed by atoms with van der Waals surface area (Å²) in [6, 6.07) is -0.435. The second-order valence-electron chi connectivity index (χ2n) is 4.35. The summed E-state index contributed by atoms with van der Waals surface area (Å²) >= 11 is 4.34. The number of thiol groups is 1. The van der Waals surface area contributed by atoms with Crippen molar-refractivity contribution in [3.05, 3.63) is 0 Å². The van der Waals surface area contributed by atoms with Crippen molar-refractivity contribution in [1.29, 1.82) is 0 Å². The quantitative estimate of drug-likeness (QED) is 0.473. The van der Waals surface area contributed by atoms with Crippen molar-refractivity contribution < 1.29 is 14.7 Å². The van der Waals surface area contributed by atoms with Crippen LogP contribution in [0.1, 0.15) is 20.8 Å². The molecule has 0 aliphatic carbocycles. The predicted molar refractivity (Wildman–Crippen MR) is 59.7 cm³/mol. The average Bonchev–Trinajstić information content (AvgIpc) is 2.40. The molecule has 1 fully saturated rings. The Hall–Kier alpha value is -0.550. The fourth-order valence-corrected chi connectivity index (χ4v) is 2.08. The van der Waals surface area contributed by atoms with E-state index in [2.05, 4.69) is 17.9 Å². The van der Waals surface area contributed by atoms with Crippen LogP contribution in [0.25, 0.3) is 0 Å². The first kappa shape index (κ1) is 12.5. The van der Waals surface area contributed by atoms with Gasteiger partial charge in [-0.1, -0.05) is 13.8 Å². The van der Waals surface area contributed by atoms with E-state index in [9.17, 15) is 14.7 Å². The molecule has 0 aromatic heterocycles. The third-order valence-corrected chi connectivity index (χ3v) is 3.71. The van der Waals surface area contributed by atoms with Crippen LogP contribution in [0, 0.1) is 11.8 Å². The molecular weight excluding hydrogens is 214 g/mol. The Kier molecular flexibility index (Phi) is 3.78. The SMILES string of the molecule is CC(=O)C1C(=O)NC(C(S)C(C)C)C1O. The van der Waals surface area contributed by atoms with Gasteiger partial charge in [0.2, 0.25) is 5.91 Å². The lowest BCUT2D eigenvalue weighted by atomic mass is 9.93. The van der Waals surface area contributed by atoms with Crippen molar-refractivity contribution in [3.63, 3.8) is 0 Å². The maximum atomic E-state index is 11.4. The fraction of sp³-hybridized carbons (Fsp3) is 0.800. The van der Waals surface area contributed by atoms with E-state index in [0.29, 0.717) is 0 Å². The summed E-state index contributed by atoms with van der Waals surface area (Å²) in [5.41, 5.74) is 0. The highest BCUT2D eigenvalue weighted by molar-refractivity contribution is 7.81. The standard InChI is InChI=1S/C10H17NO3S/c1-4(2)9(15)7-8(13)6(5(3)12)10(14)11-7/h4,6-9,13,15H,1-3H3,(H,11,14). The van der Waals surface area contributed by atoms with Crippen LogP contribution in [0.2, 0.25) is 0 Å². The fourth-order valence-electron chi connectivity index (χ4n) is 1.83. The minimum atomic E-state index is -0.958. The maximum absolute atomic E-state index is 11.4. The number of nitrogens with one attached hydrogen (secondary N) is 1. The van der Waals surface area contributed by atoms with Crippen molar-refractivity contribution in [3.8, 4) is 0 Å². The van der Waals surface area contributed by atoms with Crippen molar-refractivity contribution in [2.75, 3.05) is 0 Å². The number of ketones is 1. The molecule has 0 spiro atoms. The zero-order valence-electron chi connectivity index (χ0n) is 9.10. The van der Waals surface area contributed by atoms with E-state index in [4.69, 9.17) is 0 Å². The molecule has 1 aliphatic rings. The summed E-state index contributed by atoms with van der Waals surface area (Å²) in [4.78, 5) is 22.6. The maximum Gasteiger partial charge on any atom is 0.233 e. The number of carbonyl (C=O) groups is 2. The van der Waals surface area contributed by atoms with Gasteiger partial charge in [0.25, 0.3) is 0 Å². The van der Waals surface area contributed by atoms with Crippen molar-refractivity contribution >= 4 is 24.3 Å². The Morgan fingerprint density at radius 1 is 1.53 bits per heavy atom. The zero-order valence-corrected chi connectivity index (χ0v) is 9.99. The van der Waals surface area contributed by atoms with Gasteiger partial charge in [0.05, 0.1) is 12.1 Å². The molecule has 86 valence electrons. The van der Waals surface area contributed by atoms with Gasteiger partial charge in [-0.15, -0.1) is 0 Å². The Morgan fingerprint density at radius 2 is 2.07 bits per heavy atom. The molecule has 0 aromatic rings. The molecule has 2 N–H and O–H groups in total. The average molecular weight is 231 g/mol. The van der Waals surface area contributed by atoms with Crippen LogP contribution in [0.5, 0.6) is 0 Å². The van der Waals surface area contributed by atoms with Gasteiger partial charge in [0.15, 0.2) is 0 Å². The monoisotopic (exact) mass is 231 g/mol. The first-order valence-electron chi connectivity index (χ1n) is 5.03. The van der Waals surface area contributed by atoms with Crippen LogP contribution in [-0.4, -0.2) is 34.2 Å². The molecule has 1 amide bonds. The number of amides is 1. The number of aliphatic hydroxyl groups excluding tert-OH is 1. The molecule has 1 heterocycles. The Morgan fingerprint density at radius 3 is 2.40 bits per heavy atom. The molecule has 4 atom stereocenters. The van der Waals surface area contributed by atoms with Crippen LogP contribution in [0.15, 0.2) is 0 Å². The van der Waals surface area contributed by atoms with Gasteiger partial charge in [-0.25, -0.2) is 0 Å². The van der Waals surface area contributed by atoms with Crippen LogP contribution in [-0.2, 0) is 9.59 Å². The van der Waals surface area contributed by atoms with Gasteiger partial charge >= 0.3 is 0 Å². The molecule has 15 heavy (non-hydrogen) atoms. The van der Waals surface area contributed by atoms with E-state index >= 15 is 0 Å². The highest BCUT2D eigenvalue weighted by atomic mass is 32.1. The lowest BCUT2D eigenvalue weighted by molar-refractivity contribution is -0.132. The molecular formula is C10H17NO3S. The molecule has 0 bridgehead atoms. The Balaban J connectivity index is 2.81. The first-order valence-corrected chi connectivity index (χ1v) is 5.55. The van der Waals surface area contributed by atoms with Crippen LogP contribution >= 0.6 is 12.6 Å². The van der Waals surface area contributed by atoms with Gasteiger partial charge in [-0.05, 0) is 12.8 Å². The van der Waals surface area contributed by atoms with Gasteiger partial charge in [0.1, 0.15) is 11.7 Å². The van der Waals surface area contributed by atoms with Crippen molar-refractivity contribution in [1.82, 2.24) is 5.32 Å². The Bertz CT molecular complexity index is 280. The number of hydrogen-bond acceptors (Lipinski definition) is 4. The smallest absolute Gasteiger partial charge is 0.233 e. The molecule has 1 saturated heterocycles. The van der Waals surface area contributed by atoms with E-state index in [0.717, 1.165) is 0 Å². The molecule has 5 heteroatoms. The second kappa shape index (κ2) is 4.53. The van der Waals surface area contributed by atoms with E-state index in [1.165, 1.54) is 6.92 Å². The Labute approximate surface area is 94.8 Å². The summed E-state index contributed by atoms with van der Waals surface area (Å²) in [6.45, 7) is 5.23. The lowest BCUT2D eigenvalue weighted by Crippen LogP contribution is -2.43. The van der Waals surface area contributed by atoms with Crippen molar-refractivity contribution in [2.45, 2.75) is 38.2 Å². The summed E-state index contributed by atoms with van der Waals surface area (Å²) in [6.07, 6.45) is -0.958. The predicted octanol–water partition coefficient (Wildman–Crippen LogP) is 0.00530. The lowest BCUT2D eigenvalue weighted by Gasteiger charge is -2.25. The van der Waals surface area contributed by atoms with E-state index < -0.39 is 18.1 Å². The van der Waals surface area contributed by atoms with Crippen LogP contribution in [0.3, 0.4) is 0 Å². The summed E-state index contributed by atoms with van der Waals surface area (Å²) in [5, 5.41) is 12.3. The molecule has 0 radical (unpaired) electrons. The summed E-state index contributed by atoms with van der Waals surface area (Å²) < 4.78 is 0. The first-order chi connectivity index (χ1) is 6.86. The number of carbonyl (C=O) groups excluding carboxylic acids is 2. The molecule has 1 aliphatic heterocycles. The molecule has 0 aromatic carbocycles. The van der Waals surface area contributed by atoms with Crippen molar-refractivity contribution in [2.24, 2.45) is 11.8 Å². The number of hydrogen-bond donors (Lipinski definition) is 3. The minimum absolute atomic E-state index is 0.145. The van der Waals surface area contributed by atoms with Gasteiger partial charge < -0.3 is 10.4 Å². The highest BCUT2D eigenvalue weighted by Crippen LogP contribution is 2.25. The highest BCUT2D eigenvalue weighted by Gasteiger charge is 2.46. The second-order valence-corrected chi connectivity index (χ2v) is 4.94. The normalized spacial score (nSPS) is 32.9. The third kappa shape index (κ3) is 2.34. The zero-order chi connectivity index (χ0) is 11.7.